The van der Waals surface area contributed by atoms with Crippen molar-refractivity contribution in [3.63, 3.8) is 0 Å². The van der Waals surface area contributed by atoms with Crippen molar-refractivity contribution in [3.8, 4) is 0 Å². The van der Waals surface area contributed by atoms with Crippen molar-refractivity contribution in [1.29, 1.82) is 0 Å². The number of halogens is 1. The standard InChI is InChI=1S/C10H15NO2.ClH/c12-9(13)10-4-6-1-7(5-10)3-8(2-6)11-10;/h6-8,11H,1-5H2,(H,12,13);1H. The molecule has 0 spiro atoms. The molecule has 2 atom stereocenters. The summed E-state index contributed by atoms with van der Waals surface area (Å²) < 4.78 is 0. The van der Waals surface area contributed by atoms with Gasteiger partial charge in [0, 0.05) is 6.04 Å². The molecule has 2 saturated heterocycles. The van der Waals surface area contributed by atoms with Crippen LogP contribution >= 0.6 is 12.4 Å². The van der Waals surface area contributed by atoms with Gasteiger partial charge in [-0.3, -0.25) is 10.1 Å². The summed E-state index contributed by atoms with van der Waals surface area (Å²) in [6.45, 7) is 0. The van der Waals surface area contributed by atoms with E-state index in [0.29, 0.717) is 17.9 Å². The predicted molar refractivity (Wildman–Crippen MR) is 54.6 cm³/mol. The van der Waals surface area contributed by atoms with E-state index in [-0.39, 0.29) is 12.4 Å². The van der Waals surface area contributed by atoms with Crippen molar-refractivity contribution in [2.24, 2.45) is 11.8 Å². The summed E-state index contributed by atoms with van der Waals surface area (Å²) in [5.74, 6) is 0.760. The Kier molecular flexibility index (Phi) is 2.27. The van der Waals surface area contributed by atoms with Crippen LogP contribution in [0.25, 0.3) is 0 Å². The van der Waals surface area contributed by atoms with Gasteiger partial charge < -0.3 is 5.11 Å². The van der Waals surface area contributed by atoms with Crippen molar-refractivity contribution in [2.75, 3.05) is 0 Å². The molecule has 4 heteroatoms. The summed E-state index contributed by atoms with van der Waals surface area (Å²) in [6, 6.07) is 0.502. The third-order valence-electron chi connectivity index (χ3n) is 4.07. The van der Waals surface area contributed by atoms with Crippen LogP contribution in [0.3, 0.4) is 0 Å². The van der Waals surface area contributed by atoms with Gasteiger partial charge in [-0.2, -0.15) is 0 Å². The van der Waals surface area contributed by atoms with Gasteiger partial charge in [0.2, 0.25) is 0 Å². The van der Waals surface area contributed by atoms with Crippen molar-refractivity contribution in [1.82, 2.24) is 5.32 Å². The average molecular weight is 218 g/mol. The molecule has 0 aromatic rings. The number of carboxylic acid groups (broad SMARTS) is 1. The molecule has 0 aromatic heterocycles. The molecule has 2 heterocycles. The molecule has 4 aliphatic rings. The highest BCUT2D eigenvalue weighted by Gasteiger charge is 2.54. The molecule has 80 valence electrons. The smallest absolute Gasteiger partial charge is 0.323 e. The van der Waals surface area contributed by atoms with Crippen LogP contribution < -0.4 is 5.32 Å². The van der Waals surface area contributed by atoms with Crippen LogP contribution in [0.5, 0.6) is 0 Å². The summed E-state index contributed by atoms with van der Waals surface area (Å²) in [4.78, 5) is 11.2. The van der Waals surface area contributed by atoms with Gasteiger partial charge >= 0.3 is 5.97 Å². The van der Waals surface area contributed by atoms with Gasteiger partial charge in [-0.05, 0) is 43.9 Å². The van der Waals surface area contributed by atoms with E-state index in [4.69, 9.17) is 0 Å². The van der Waals surface area contributed by atoms with E-state index >= 15 is 0 Å². The Bertz CT molecular complexity index is 232. The minimum absolute atomic E-state index is 0. The lowest BCUT2D eigenvalue weighted by molar-refractivity contribution is -0.154. The lowest BCUT2D eigenvalue weighted by atomic mass is 9.59. The maximum atomic E-state index is 11.2. The third-order valence-corrected chi connectivity index (χ3v) is 4.07. The van der Waals surface area contributed by atoms with Gasteiger partial charge in [0.1, 0.15) is 5.54 Å². The molecular formula is C10H16ClNO2. The molecule has 4 rings (SSSR count). The first-order valence-electron chi connectivity index (χ1n) is 5.19. The molecule has 3 nitrogen and oxygen atoms in total. The number of nitrogens with one attached hydrogen (secondary N) is 1. The van der Waals surface area contributed by atoms with E-state index in [1.807, 2.05) is 0 Å². The molecule has 14 heavy (non-hydrogen) atoms. The normalized spacial score (nSPS) is 48.7. The summed E-state index contributed by atoms with van der Waals surface area (Å²) in [7, 11) is 0. The van der Waals surface area contributed by atoms with Gasteiger partial charge in [0.25, 0.3) is 0 Å². The zero-order valence-corrected chi connectivity index (χ0v) is 8.85. The van der Waals surface area contributed by atoms with Crippen LogP contribution in [-0.2, 0) is 4.79 Å². The molecule has 0 aromatic carbocycles. The quantitative estimate of drug-likeness (QED) is 0.699. The van der Waals surface area contributed by atoms with E-state index in [1.54, 1.807) is 0 Å². The van der Waals surface area contributed by atoms with E-state index in [2.05, 4.69) is 5.32 Å². The molecule has 2 unspecified atom stereocenters. The molecule has 2 saturated carbocycles. The highest BCUT2D eigenvalue weighted by molar-refractivity contribution is 5.85. The molecule has 4 bridgehead atoms. The Labute approximate surface area is 89.7 Å². The van der Waals surface area contributed by atoms with Crippen LogP contribution in [0, 0.1) is 11.8 Å². The van der Waals surface area contributed by atoms with Crippen molar-refractivity contribution >= 4 is 18.4 Å². The number of aliphatic carboxylic acids is 1. The van der Waals surface area contributed by atoms with E-state index in [9.17, 15) is 9.90 Å². The second-order valence-electron chi connectivity index (χ2n) is 5.08. The maximum Gasteiger partial charge on any atom is 0.323 e. The molecular weight excluding hydrogens is 202 g/mol. The van der Waals surface area contributed by atoms with Gasteiger partial charge in [-0.25, -0.2) is 0 Å². The fourth-order valence-corrected chi connectivity index (χ4v) is 3.83. The Hall–Kier alpha value is -0.280. The van der Waals surface area contributed by atoms with Crippen molar-refractivity contribution in [3.05, 3.63) is 0 Å². The monoisotopic (exact) mass is 217 g/mol. The second kappa shape index (κ2) is 3.11. The van der Waals surface area contributed by atoms with Gasteiger partial charge in [-0.15, -0.1) is 12.4 Å². The van der Waals surface area contributed by atoms with Crippen LogP contribution in [0.1, 0.15) is 32.1 Å². The SMILES string of the molecule is Cl.O=C(O)C12CC3CC(CC(C3)N1)C2. The molecule has 2 aliphatic carbocycles. The molecule has 0 radical (unpaired) electrons. The highest BCUT2D eigenvalue weighted by atomic mass is 35.5. The van der Waals surface area contributed by atoms with Crippen LogP contribution in [-0.4, -0.2) is 22.7 Å². The highest BCUT2D eigenvalue weighted by Crippen LogP contribution is 2.49. The first-order chi connectivity index (χ1) is 6.18. The molecule has 0 amide bonds. The Morgan fingerprint density at radius 2 is 1.79 bits per heavy atom. The summed E-state index contributed by atoms with van der Waals surface area (Å²) in [6.07, 6.45) is 5.45. The zero-order chi connectivity index (χ0) is 9.05. The minimum Gasteiger partial charge on any atom is -0.480 e. The zero-order valence-electron chi connectivity index (χ0n) is 8.03. The van der Waals surface area contributed by atoms with E-state index in [1.165, 1.54) is 19.3 Å². The number of hydrogen-bond donors (Lipinski definition) is 2. The molecule has 4 fully saturated rings. The number of rotatable bonds is 1. The van der Waals surface area contributed by atoms with Gasteiger partial charge in [0.15, 0.2) is 0 Å². The number of piperidine rings is 2. The first-order valence-corrected chi connectivity index (χ1v) is 5.19. The van der Waals surface area contributed by atoms with Crippen LogP contribution in [0.4, 0.5) is 0 Å². The Morgan fingerprint density at radius 3 is 2.21 bits per heavy atom. The topological polar surface area (TPSA) is 49.3 Å². The number of carbonyl (C=O) groups is 1. The van der Waals surface area contributed by atoms with Crippen molar-refractivity contribution < 1.29 is 9.90 Å². The van der Waals surface area contributed by atoms with E-state index in [0.717, 1.165) is 12.8 Å². The van der Waals surface area contributed by atoms with Gasteiger partial charge in [0.05, 0.1) is 0 Å². The lowest BCUT2D eigenvalue weighted by Crippen LogP contribution is -2.67. The second-order valence-corrected chi connectivity index (χ2v) is 5.08. The Balaban J connectivity index is 0.000000750. The average Bonchev–Trinajstić information content (AvgIpc) is 2.00. The van der Waals surface area contributed by atoms with E-state index < -0.39 is 11.5 Å². The Morgan fingerprint density at radius 1 is 1.21 bits per heavy atom. The third kappa shape index (κ3) is 1.26. The van der Waals surface area contributed by atoms with Crippen molar-refractivity contribution in [2.45, 2.75) is 43.7 Å². The fourth-order valence-electron chi connectivity index (χ4n) is 3.83. The molecule has 2 N–H and O–H groups in total. The van der Waals surface area contributed by atoms with Crippen LogP contribution in [0.15, 0.2) is 0 Å². The fraction of sp³-hybridized carbons (Fsp3) is 0.900. The predicted octanol–water partition coefficient (Wildman–Crippen LogP) is 1.41. The summed E-state index contributed by atoms with van der Waals surface area (Å²) in [5.41, 5.74) is -0.533. The van der Waals surface area contributed by atoms with Gasteiger partial charge in [-0.1, -0.05) is 0 Å². The minimum atomic E-state index is -0.619. The van der Waals surface area contributed by atoms with Crippen LogP contribution in [0.2, 0.25) is 0 Å². The summed E-state index contributed by atoms with van der Waals surface area (Å²) in [5, 5.41) is 12.5. The first kappa shape index (κ1) is 10.2. The molecule has 2 aliphatic heterocycles. The number of carboxylic acids is 1. The largest absolute Gasteiger partial charge is 0.480 e. The maximum absolute atomic E-state index is 11.2. The summed E-state index contributed by atoms with van der Waals surface area (Å²) >= 11 is 0. The number of hydrogen-bond acceptors (Lipinski definition) is 2. The lowest BCUT2D eigenvalue weighted by Gasteiger charge is -2.55.